The quantitative estimate of drug-likeness (QED) is 0.744. The van der Waals surface area contributed by atoms with E-state index in [1.807, 2.05) is 54.3 Å². The van der Waals surface area contributed by atoms with Gasteiger partial charge in [0, 0.05) is 23.6 Å². The normalized spacial score (nSPS) is 13.0. The lowest BCUT2D eigenvalue weighted by molar-refractivity contribution is 0.0980. The predicted octanol–water partition coefficient (Wildman–Crippen LogP) is 4.13. The average molecular weight is 374 g/mol. The molecule has 0 unspecified atom stereocenters. The van der Waals surface area contributed by atoms with Gasteiger partial charge in [0.2, 0.25) is 5.95 Å². The second-order valence-electron chi connectivity index (χ2n) is 6.76. The number of ether oxygens (including phenoxy) is 1. The summed E-state index contributed by atoms with van der Waals surface area (Å²) in [7, 11) is 1.63. The van der Waals surface area contributed by atoms with Crippen molar-refractivity contribution in [3.8, 4) is 5.75 Å². The Morgan fingerprint density at radius 3 is 2.68 bits per heavy atom. The zero-order valence-electron chi connectivity index (χ0n) is 16.0. The Bertz CT molecular complexity index is 1000. The van der Waals surface area contributed by atoms with Crippen molar-refractivity contribution in [1.82, 2.24) is 9.97 Å². The molecule has 1 aliphatic heterocycles. The third-order valence-electron chi connectivity index (χ3n) is 4.77. The van der Waals surface area contributed by atoms with Crippen LogP contribution in [0.25, 0.3) is 0 Å². The van der Waals surface area contributed by atoms with Crippen molar-refractivity contribution in [2.24, 2.45) is 0 Å². The molecule has 4 rings (SSSR count). The molecule has 0 fully saturated rings. The molecule has 0 aliphatic carbocycles. The third-order valence-corrected chi connectivity index (χ3v) is 4.77. The Morgan fingerprint density at radius 2 is 1.89 bits per heavy atom. The van der Waals surface area contributed by atoms with Gasteiger partial charge in [-0.3, -0.25) is 4.79 Å². The molecule has 1 aromatic heterocycles. The summed E-state index contributed by atoms with van der Waals surface area (Å²) in [6, 6.07) is 17.3. The van der Waals surface area contributed by atoms with Gasteiger partial charge in [-0.15, -0.1) is 0 Å². The molecular weight excluding hydrogens is 352 g/mol. The molecule has 0 radical (unpaired) electrons. The summed E-state index contributed by atoms with van der Waals surface area (Å²) >= 11 is 0. The van der Waals surface area contributed by atoms with E-state index in [1.165, 1.54) is 5.56 Å². The van der Waals surface area contributed by atoms with Gasteiger partial charge in [-0.25, -0.2) is 9.97 Å². The molecule has 6 heteroatoms. The molecule has 0 bridgehead atoms. The Labute approximate surface area is 164 Å². The van der Waals surface area contributed by atoms with Crippen LogP contribution in [0.15, 0.2) is 54.6 Å². The number of aryl methyl sites for hydroxylation is 2. The number of nitrogens with zero attached hydrogens (tertiary/aromatic N) is 3. The topological polar surface area (TPSA) is 67.3 Å². The highest BCUT2D eigenvalue weighted by atomic mass is 16.5. The van der Waals surface area contributed by atoms with Gasteiger partial charge in [-0.2, -0.15) is 0 Å². The minimum atomic E-state index is -0.101. The van der Waals surface area contributed by atoms with E-state index in [9.17, 15) is 4.79 Å². The molecule has 1 N–H and O–H groups in total. The largest absolute Gasteiger partial charge is 0.497 e. The van der Waals surface area contributed by atoms with Crippen molar-refractivity contribution in [2.45, 2.75) is 19.8 Å². The van der Waals surface area contributed by atoms with E-state index in [0.29, 0.717) is 18.2 Å². The van der Waals surface area contributed by atoms with Crippen LogP contribution in [0.1, 0.15) is 28.2 Å². The van der Waals surface area contributed by atoms with Gasteiger partial charge in [-0.05, 0) is 61.7 Å². The highest BCUT2D eigenvalue weighted by Crippen LogP contribution is 2.28. The Morgan fingerprint density at radius 1 is 1.11 bits per heavy atom. The fourth-order valence-electron chi connectivity index (χ4n) is 3.42. The maximum Gasteiger partial charge on any atom is 0.277 e. The van der Waals surface area contributed by atoms with E-state index in [0.717, 1.165) is 35.7 Å². The standard InChI is InChI=1S/C22H22N4O2/c1-15-14-19(21(27)26-13-5-7-16-6-3-4-8-20(16)26)25-22(23-15)24-17-9-11-18(28-2)12-10-17/h3-4,6,8-12,14H,5,7,13H2,1-2H3,(H,23,24,25). The number of hydrogen-bond acceptors (Lipinski definition) is 5. The molecule has 0 saturated carbocycles. The van der Waals surface area contributed by atoms with Gasteiger partial charge in [0.15, 0.2) is 0 Å². The van der Waals surface area contributed by atoms with E-state index in [1.54, 1.807) is 13.2 Å². The number of benzene rings is 2. The second kappa shape index (κ2) is 7.68. The molecule has 3 aromatic rings. The number of aromatic nitrogens is 2. The number of fused-ring (bicyclic) bond motifs is 1. The number of carbonyl (C=O) groups excluding carboxylic acids is 1. The number of anilines is 3. The number of hydrogen-bond donors (Lipinski definition) is 1. The molecule has 6 nitrogen and oxygen atoms in total. The molecule has 0 atom stereocenters. The first-order chi connectivity index (χ1) is 13.6. The Hall–Kier alpha value is -3.41. The fraction of sp³-hybridized carbons (Fsp3) is 0.227. The number of rotatable bonds is 4. The zero-order chi connectivity index (χ0) is 19.5. The summed E-state index contributed by atoms with van der Waals surface area (Å²) in [4.78, 5) is 23.9. The van der Waals surface area contributed by atoms with E-state index in [2.05, 4.69) is 21.4 Å². The first kappa shape index (κ1) is 18.0. The van der Waals surface area contributed by atoms with Crippen LogP contribution in [0.5, 0.6) is 5.75 Å². The van der Waals surface area contributed by atoms with Gasteiger partial charge >= 0.3 is 0 Å². The van der Waals surface area contributed by atoms with E-state index in [-0.39, 0.29) is 5.91 Å². The maximum absolute atomic E-state index is 13.2. The van der Waals surface area contributed by atoms with Gasteiger partial charge in [0.25, 0.3) is 5.91 Å². The van der Waals surface area contributed by atoms with Crippen LogP contribution >= 0.6 is 0 Å². The van der Waals surface area contributed by atoms with Gasteiger partial charge in [0.05, 0.1) is 7.11 Å². The van der Waals surface area contributed by atoms with Crippen molar-refractivity contribution < 1.29 is 9.53 Å². The van der Waals surface area contributed by atoms with Crippen LogP contribution in [-0.4, -0.2) is 29.5 Å². The number of para-hydroxylation sites is 1. The van der Waals surface area contributed by atoms with Gasteiger partial charge in [-0.1, -0.05) is 18.2 Å². The predicted molar refractivity (Wildman–Crippen MR) is 109 cm³/mol. The molecule has 28 heavy (non-hydrogen) atoms. The zero-order valence-corrected chi connectivity index (χ0v) is 16.0. The van der Waals surface area contributed by atoms with Crippen LogP contribution in [-0.2, 0) is 6.42 Å². The smallest absolute Gasteiger partial charge is 0.277 e. The minimum absolute atomic E-state index is 0.101. The Balaban J connectivity index is 1.61. The van der Waals surface area contributed by atoms with Crippen LogP contribution < -0.4 is 15.0 Å². The molecule has 2 aromatic carbocycles. The average Bonchev–Trinajstić information content (AvgIpc) is 2.73. The minimum Gasteiger partial charge on any atom is -0.497 e. The summed E-state index contributed by atoms with van der Waals surface area (Å²) in [5, 5.41) is 3.16. The second-order valence-corrected chi connectivity index (χ2v) is 6.76. The number of amides is 1. The Kier molecular flexibility index (Phi) is 4.93. The molecule has 0 saturated heterocycles. The van der Waals surface area contributed by atoms with E-state index in [4.69, 9.17) is 4.74 Å². The molecular formula is C22H22N4O2. The monoisotopic (exact) mass is 374 g/mol. The lowest BCUT2D eigenvalue weighted by Gasteiger charge is -2.29. The van der Waals surface area contributed by atoms with Crippen LogP contribution in [0, 0.1) is 6.92 Å². The molecule has 2 heterocycles. The number of carbonyl (C=O) groups is 1. The van der Waals surface area contributed by atoms with Crippen LogP contribution in [0.4, 0.5) is 17.3 Å². The summed E-state index contributed by atoms with van der Waals surface area (Å²) in [5.41, 5.74) is 4.12. The lowest BCUT2D eigenvalue weighted by atomic mass is 10.0. The first-order valence-electron chi connectivity index (χ1n) is 9.30. The SMILES string of the molecule is COc1ccc(Nc2nc(C)cc(C(=O)N3CCCc4ccccc43)n2)cc1. The molecule has 142 valence electrons. The van der Waals surface area contributed by atoms with Crippen LogP contribution in [0.3, 0.4) is 0 Å². The van der Waals surface area contributed by atoms with E-state index >= 15 is 0 Å². The fourth-order valence-corrected chi connectivity index (χ4v) is 3.42. The lowest BCUT2D eigenvalue weighted by Crippen LogP contribution is -2.36. The van der Waals surface area contributed by atoms with Crippen molar-refractivity contribution in [1.29, 1.82) is 0 Å². The molecule has 1 aliphatic rings. The van der Waals surface area contributed by atoms with E-state index < -0.39 is 0 Å². The van der Waals surface area contributed by atoms with Crippen LogP contribution in [0.2, 0.25) is 0 Å². The third kappa shape index (κ3) is 3.67. The molecule has 1 amide bonds. The molecule has 0 spiro atoms. The number of nitrogens with one attached hydrogen (secondary N) is 1. The van der Waals surface area contributed by atoms with Crippen molar-refractivity contribution in [3.05, 3.63) is 71.5 Å². The highest BCUT2D eigenvalue weighted by molar-refractivity contribution is 6.05. The highest BCUT2D eigenvalue weighted by Gasteiger charge is 2.24. The summed E-state index contributed by atoms with van der Waals surface area (Å²) in [6.07, 6.45) is 1.94. The summed E-state index contributed by atoms with van der Waals surface area (Å²) in [6.45, 7) is 2.56. The number of methoxy groups -OCH3 is 1. The van der Waals surface area contributed by atoms with Crippen molar-refractivity contribution in [3.63, 3.8) is 0 Å². The van der Waals surface area contributed by atoms with Crippen molar-refractivity contribution >= 4 is 23.2 Å². The summed E-state index contributed by atoms with van der Waals surface area (Å²) in [5.74, 6) is 1.07. The van der Waals surface area contributed by atoms with Gasteiger partial charge < -0.3 is 15.0 Å². The summed E-state index contributed by atoms with van der Waals surface area (Å²) < 4.78 is 5.18. The first-order valence-corrected chi connectivity index (χ1v) is 9.30. The van der Waals surface area contributed by atoms with Gasteiger partial charge in [0.1, 0.15) is 11.4 Å². The van der Waals surface area contributed by atoms with Crippen molar-refractivity contribution in [2.75, 3.05) is 23.9 Å². The maximum atomic E-state index is 13.2.